The van der Waals surface area contributed by atoms with Crippen LogP contribution in [-0.4, -0.2) is 36.5 Å². The first-order valence-corrected chi connectivity index (χ1v) is 10.7. The van der Waals surface area contributed by atoms with Gasteiger partial charge in [-0.1, -0.05) is 17.4 Å². The number of carbonyl (C=O) groups excluding carboxylic acids is 1. The Balaban J connectivity index is 1.61. The number of aromatic nitrogens is 1. The number of thiophene rings is 1. The van der Waals surface area contributed by atoms with Gasteiger partial charge in [0.2, 0.25) is 5.91 Å². The van der Waals surface area contributed by atoms with Gasteiger partial charge in [-0.15, -0.1) is 24.5 Å². The predicted octanol–water partition coefficient (Wildman–Crippen LogP) is 5.01. The molecular formula is C19H17F3N2O3S2. The number of ether oxygens (including phenoxy) is 2. The lowest BCUT2D eigenvalue weighted by atomic mass is 10.2. The molecule has 0 spiro atoms. The van der Waals surface area contributed by atoms with Gasteiger partial charge in [-0.25, -0.2) is 4.98 Å². The molecule has 1 amide bonds. The summed E-state index contributed by atoms with van der Waals surface area (Å²) in [6, 6.07) is 7.75. The normalized spacial score (nSPS) is 17.0. The van der Waals surface area contributed by atoms with Gasteiger partial charge in [0.05, 0.1) is 29.3 Å². The molecule has 154 valence electrons. The van der Waals surface area contributed by atoms with Crippen LogP contribution in [0.4, 0.5) is 18.3 Å². The highest BCUT2D eigenvalue weighted by atomic mass is 32.1. The van der Waals surface area contributed by atoms with Gasteiger partial charge in [0.1, 0.15) is 5.75 Å². The number of benzene rings is 1. The second kappa shape index (κ2) is 8.29. The number of halogens is 3. The Hall–Kier alpha value is -2.17. The highest BCUT2D eigenvalue weighted by molar-refractivity contribution is 7.22. The van der Waals surface area contributed by atoms with E-state index in [1.807, 2.05) is 17.5 Å². The predicted molar refractivity (Wildman–Crippen MR) is 106 cm³/mol. The number of fused-ring (bicyclic) bond motifs is 1. The van der Waals surface area contributed by atoms with Gasteiger partial charge in [0.15, 0.2) is 5.13 Å². The summed E-state index contributed by atoms with van der Waals surface area (Å²) in [6.07, 6.45) is -2.79. The average molecular weight is 442 g/mol. The number of nitrogens with zero attached hydrogens (tertiary/aromatic N) is 2. The van der Waals surface area contributed by atoms with E-state index < -0.39 is 6.36 Å². The van der Waals surface area contributed by atoms with E-state index in [0.717, 1.165) is 29.1 Å². The van der Waals surface area contributed by atoms with Crippen LogP contribution < -0.4 is 9.64 Å². The summed E-state index contributed by atoms with van der Waals surface area (Å²) < 4.78 is 47.6. The molecule has 1 unspecified atom stereocenters. The molecule has 1 saturated heterocycles. The number of rotatable bonds is 6. The molecule has 1 aromatic carbocycles. The first-order valence-electron chi connectivity index (χ1n) is 8.98. The molecule has 0 bridgehead atoms. The molecule has 29 heavy (non-hydrogen) atoms. The number of alkyl halides is 3. The third-order valence-corrected chi connectivity index (χ3v) is 6.35. The van der Waals surface area contributed by atoms with E-state index in [-0.39, 0.29) is 24.2 Å². The largest absolute Gasteiger partial charge is 0.573 e. The van der Waals surface area contributed by atoms with Crippen LogP contribution in [0.25, 0.3) is 10.2 Å². The van der Waals surface area contributed by atoms with Crippen LogP contribution in [0, 0.1) is 0 Å². The number of thiazole rings is 1. The van der Waals surface area contributed by atoms with Crippen LogP contribution in [0.2, 0.25) is 0 Å². The van der Waals surface area contributed by atoms with Crippen LogP contribution in [0.5, 0.6) is 5.75 Å². The van der Waals surface area contributed by atoms with Gasteiger partial charge in [-0.05, 0) is 36.4 Å². The topological polar surface area (TPSA) is 51.7 Å². The highest BCUT2D eigenvalue weighted by Gasteiger charge is 2.31. The Bertz CT molecular complexity index is 982. The van der Waals surface area contributed by atoms with Crippen LogP contribution in [0.1, 0.15) is 17.7 Å². The van der Waals surface area contributed by atoms with Gasteiger partial charge >= 0.3 is 6.36 Å². The van der Waals surface area contributed by atoms with Gasteiger partial charge < -0.3 is 9.47 Å². The monoisotopic (exact) mass is 442 g/mol. The first kappa shape index (κ1) is 20.1. The molecule has 1 fully saturated rings. The second-order valence-electron chi connectivity index (χ2n) is 6.57. The maximum atomic E-state index is 13.0. The molecule has 0 saturated carbocycles. The summed E-state index contributed by atoms with van der Waals surface area (Å²) >= 11 is 2.66. The van der Waals surface area contributed by atoms with E-state index in [4.69, 9.17) is 4.74 Å². The summed E-state index contributed by atoms with van der Waals surface area (Å²) in [4.78, 5) is 20.0. The quantitative estimate of drug-likeness (QED) is 0.539. The summed E-state index contributed by atoms with van der Waals surface area (Å²) in [5.41, 5.74) is 0.515. The van der Waals surface area contributed by atoms with Crippen molar-refractivity contribution in [3.63, 3.8) is 0 Å². The number of amides is 1. The fraction of sp³-hybridized carbons (Fsp3) is 0.368. The molecule has 1 aliphatic rings. The van der Waals surface area contributed by atoms with E-state index in [1.165, 1.54) is 29.5 Å². The maximum Gasteiger partial charge on any atom is 0.573 e. The van der Waals surface area contributed by atoms with Crippen LogP contribution in [0.15, 0.2) is 35.7 Å². The van der Waals surface area contributed by atoms with Gasteiger partial charge in [-0.3, -0.25) is 9.69 Å². The lowest BCUT2D eigenvalue weighted by Crippen LogP contribution is -2.38. The summed E-state index contributed by atoms with van der Waals surface area (Å²) in [5, 5.41) is 2.36. The Kier molecular flexibility index (Phi) is 5.75. The van der Waals surface area contributed by atoms with Crippen LogP contribution in [-0.2, 0) is 16.0 Å². The Labute approximate surface area is 172 Å². The second-order valence-corrected chi connectivity index (χ2v) is 8.61. The average Bonchev–Trinajstić information content (AvgIpc) is 3.39. The Morgan fingerprint density at radius 1 is 1.34 bits per heavy atom. The minimum atomic E-state index is -4.76. The molecule has 1 atom stereocenters. The third kappa shape index (κ3) is 5.06. The summed E-state index contributed by atoms with van der Waals surface area (Å²) in [6.45, 7) is 1.03. The smallest absolute Gasteiger partial charge is 0.406 e. The Morgan fingerprint density at radius 2 is 2.21 bits per heavy atom. The van der Waals surface area contributed by atoms with Crippen LogP contribution in [0.3, 0.4) is 0 Å². The molecular weight excluding hydrogens is 425 g/mol. The van der Waals surface area contributed by atoms with Crippen LogP contribution >= 0.6 is 22.7 Å². The van der Waals surface area contributed by atoms with Crippen molar-refractivity contribution in [3.8, 4) is 5.75 Å². The third-order valence-electron chi connectivity index (χ3n) is 4.43. The van der Waals surface area contributed by atoms with Gasteiger partial charge in [0, 0.05) is 17.6 Å². The molecule has 3 heterocycles. The van der Waals surface area contributed by atoms with Crippen molar-refractivity contribution in [1.82, 2.24) is 4.98 Å². The van der Waals surface area contributed by atoms with E-state index in [2.05, 4.69) is 9.72 Å². The van der Waals surface area contributed by atoms with E-state index in [9.17, 15) is 18.0 Å². The zero-order valence-corrected chi connectivity index (χ0v) is 16.8. The van der Waals surface area contributed by atoms with Gasteiger partial charge in [-0.2, -0.15) is 0 Å². The standard InChI is InChI=1S/C19H17F3N2O3S2/c20-19(21,22)27-12-5-6-15-16(9-12)29-18(23-15)24(11-13-3-1-7-26-13)17(25)10-14-4-2-8-28-14/h2,4-6,8-9,13H,1,3,7,10-11H2. The number of carbonyl (C=O) groups is 1. The van der Waals surface area contributed by atoms with Gasteiger partial charge in [0.25, 0.3) is 0 Å². The van der Waals surface area contributed by atoms with E-state index in [1.54, 1.807) is 4.90 Å². The highest BCUT2D eigenvalue weighted by Crippen LogP contribution is 2.34. The summed E-state index contributed by atoms with van der Waals surface area (Å²) in [5.74, 6) is -0.426. The van der Waals surface area contributed by atoms with Crippen molar-refractivity contribution >= 4 is 43.9 Å². The van der Waals surface area contributed by atoms with Crippen molar-refractivity contribution < 1.29 is 27.4 Å². The minimum Gasteiger partial charge on any atom is -0.406 e. The van der Waals surface area contributed by atoms with Crippen molar-refractivity contribution in [2.75, 3.05) is 18.1 Å². The fourth-order valence-corrected chi connectivity index (χ4v) is 4.86. The molecule has 10 heteroatoms. The van der Waals surface area contributed by atoms with Crippen molar-refractivity contribution in [3.05, 3.63) is 40.6 Å². The SMILES string of the molecule is O=C(Cc1cccs1)N(CC1CCCO1)c1nc2ccc(OC(F)(F)F)cc2s1. The molecule has 1 aliphatic heterocycles. The number of hydrogen-bond acceptors (Lipinski definition) is 6. The molecule has 2 aromatic heterocycles. The molecule has 5 nitrogen and oxygen atoms in total. The lowest BCUT2D eigenvalue weighted by molar-refractivity contribution is -0.274. The zero-order valence-electron chi connectivity index (χ0n) is 15.1. The summed E-state index contributed by atoms with van der Waals surface area (Å²) in [7, 11) is 0. The minimum absolute atomic E-state index is 0.0709. The van der Waals surface area contributed by atoms with Crippen molar-refractivity contribution in [1.29, 1.82) is 0 Å². The molecule has 3 aromatic rings. The van der Waals surface area contributed by atoms with E-state index >= 15 is 0 Å². The number of hydrogen-bond donors (Lipinski definition) is 0. The number of anilines is 1. The zero-order chi connectivity index (χ0) is 20.4. The maximum absolute atomic E-state index is 13.0. The Morgan fingerprint density at radius 3 is 2.90 bits per heavy atom. The molecule has 0 N–H and O–H groups in total. The molecule has 0 radical (unpaired) electrons. The lowest BCUT2D eigenvalue weighted by Gasteiger charge is -2.22. The molecule has 4 rings (SSSR count). The van der Waals surface area contributed by atoms with Crippen molar-refractivity contribution in [2.24, 2.45) is 0 Å². The molecule has 0 aliphatic carbocycles. The van der Waals surface area contributed by atoms with Crippen molar-refractivity contribution in [2.45, 2.75) is 31.7 Å². The first-order chi connectivity index (χ1) is 13.9. The van der Waals surface area contributed by atoms with E-state index in [0.29, 0.717) is 28.5 Å². The fourth-order valence-electron chi connectivity index (χ4n) is 3.14.